The second-order valence-electron chi connectivity index (χ2n) is 12.8. The second kappa shape index (κ2) is 12.7. The van der Waals surface area contributed by atoms with Crippen molar-refractivity contribution < 1.29 is 56.5 Å². The minimum absolute atomic E-state index is 0.00326. The minimum atomic E-state index is -2.38. The number of rotatable bonds is 6. The van der Waals surface area contributed by atoms with E-state index >= 15 is 8.78 Å². The van der Waals surface area contributed by atoms with Gasteiger partial charge in [-0.05, 0) is 68.9 Å². The Balaban J connectivity index is 1.46. The van der Waals surface area contributed by atoms with E-state index in [4.69, 9.17) is 13.9 Å². The molecule has 0 aromatic carbocycles. The van der Waals surface area contributed by atoms with E-state index in [1.807, 2.05) is 0 Å². The molecule has 3 fully saturated rings. The van der Waals surface area contributed by atoms with E-state index in [0.717, 1.165) is 17.8 Å². The van der Waals surface area contributed by atoms with Gasteiger partial charge in [0, 0.05) is 22.7 Å². The average Bonchev–Trinajstić information content (AvgIpc) is 3.64. The molecule has 1 heterocycles. The van der Waals surface area contributed by atoms with Crippen LogP contribution in [0.3, 0.4) is 0 Å². The second-order valence-corrected chi connectivity index (χ2v) is 13.8. The highest BCUT2D eigenvalue weighted by Crippen LogP contribution is 2.72. The molecule has 4 aliphatic carbocycles. The summed E-state index contributed by atoms with van der Waals surface area (Å²) in [7, 11) is 0. The fraction of sp³-hybridized carbons (Fsp3) is 0.559. The molecule has 0 bridgehead atoms. The molecule has 1 aromatic heterocycles. The third-order valence-corrected chi connectivity index (χ3v) is 11.4. The quantitative estimate of drug-likeness (QED) is 0.201. The van der Waals surface area contributed by atoms with Crippen LogP contribution in [0.25, 0.3) is 0 Å². The van der Waals surface area contributed by atoms with Crippen molar-refractivity contribution >= 4 is 40.6 Å². The summed E-state index contributed by atoms with van der Waals surface area (Å²) in [5, 5.41) is 11.1. The lowest BCUT2D eigenvalue weighted by atomic mass is 9.44. The number of aliphatic hydroxyl groups excluding tert-OH is 1. The average molecular weight is 675 g/mol. The van der Waals surface area contributed by atoms with Crippen molar-refractivity contribution in [1.29, 1.82) is 0 Å². The van der Waals surface area contributed by atoms with Crippen LogP contribution in [0.1, 0.15) is 57.5 Å². The summed E-state index contributed by atoms with van der Waals surface area (Å²) in [5.41, 5.74) is -7.29. The number of allylic oxidation sites excluding steroid dienone is 4. The van der Waals surface area contributed by atoms with Crippen LogP contribution in [-0.4, -0.2) is 76.4 Å². The summed E-state index contributed by atoms with van der Waals surface area (Å²) in [6.07, 6.45) is 1.05. The zero-order chi connectivity index (χ0) is 34.4. The van der Waals surface area contributed by atoms with Gasteiger partial charge in [0.25, 0.3) is 0 Å². The standard InChI is InChI=1S/C34H36F2O10S/c1-5-43-28(40)29(41)45-12-6-7-14-47-30(42)34(46-27(39)25-9-8-13-44-25)19(2)15-21-22-17-24(35)23-16-20(37)10-11-31(23,3)33(22,36)26(38)18-32(21,34)4/h8-11,13,16,19,21-22,24,26,38H,5,12,14-15,17-18H2,1-4H3/t19-,21+,22+,24+,26+,31+,32+,33+,34+/m1/s1. The van der Waals surface area contributed by atoms with Gasteiger partial charge in [0.15, 0.2) is 23.7 Å². The summed E-state index contributed by atoms with van der Waals surface area (Å²) in [5.74, 6) is -1.34. The maximum Gasteiger partial charge on any atom is 0.418 e. The van der Waals surface area contributed by atoms with Crippen molar-refractivity contribution in [2.75, 3.05) is 19.0 Å². The fourth-order valence-corrected chi connectivity index (χ4v) is 9.47. The fourth-order valence-electron chi connectivity index (χ4n) is 8.47. The lowest BCUT2D eigenvalue weighted by molar-refractivity contribution is -0.221. The van der Waals surface area contributed by atoms with Crippen molar-refractivity contribution in [3.05, 3.63) is 48.0 Å². The van der Waals surface area contributed by atoms with Crippen molar-refractivity contribution in [3.63, 3.8) is 0 Å². The van der Waals surface area contributed by atoms with Crippen LogP contribution in [-0.2, 0) is 33.4 Å². The van der Waals surface area contributed by atoms with E-state index in [1.165, 1.54) is 44.4 Å². The Morgan fingerprint density at radius 1 is 1.13 bits per heavy atom. The molecule has 0 saturated heterocycles. The van der Waals surface area contributed by atoms with Crippen molar-refractivity contribution in [3.8, 4) is 11.8 Å². The summed E-state index contributed by atoms with van der Waals surface area (Å²) in [4.78, 5) is 62.9. The van der Waals surface area contributed by atoms with Crippen LogP contribution in [0, 0.1) is 40.4 Å². The maximum atomic E-state index is 17.7. The first kappa shape index (κ1) is 34.6. The molecule has 0 unspecified atom stereocenters. The van der Waals surface area contributed by atoms with E-state index in [0.29, 0.717) is 0 Å². The van der Waals surface area contributed by atoms with Crippen molar-refractivity contribution in [1.82, 2.24) is 0 Å². The van der Waals surface area contributed by atoms with Crippen LogP contribution < -0.4 is 0 Å². The third kappa shape index (κ3) is 5.33. The molecular weight excluding hydrogens is 638 g/mol. The van der Waals surface area contributed by atoms with E-state index in [2.05, 4.69) is 16.6 Å². The molecule has 0 amide bonds. The SMILES string of the molecule is CCOC(=O)C(=O)OCC#CCSC(=O)[C@@]1(OC(=O)c2ccco2)[C@H](C)C[C@H]2[C@@H]3C[C@H](F)C4=CC(=O)C=C[C@]4(C)[C@@]3(F)[C@@H](O)C[C@@]21C. The Kier molecular flexibility index (Phi) is 9.33. The molecule has 252 valence electrons. The Bertz CT molecular complexity index is 1590. The van der Waals surface area contributed by atoms with Crippen LogP contribution in [0.2, 0.25) is 0 Å². The number of alkyl halides is 2. The summed E-state index contributed by atoms with van der Waals surface area (Å²) in [6, 6.07) is 2.85. The van der Waals surface area contributed by atoms with Gasteiger partial charge in [-0.25, -0.2) is 23.2 Å². The van der Waals surface area contributed by atoms with Crippen LogP contribution >= 0.6 is 11.8 Å². The lowest BCUT2D eigenvalue weighted by Crippen LogP contribution is -2.70. The van der Waals surface area contributed by atoms with Gasteiger partial charge < -0.3 is 23.7 Å². The van der Waals surface area contributed by atoms with Gasteiger partial charge in [0.05, 0.1) is 24.7 Å². The highest BCUT2D eigenvalue weighted by molar-refractivity contribution is 8.14. The number of aliphatic hydroxyl groups is 1. The first-order valence-electron chi connectivity index (χ1n) is 15.4. The van der Waals surface area contributed by atoms with E-state index < -0.39 is 87.5 Å². The molecule has 0 spiro atoms. The Morgan fingerprint density at radius 3 is 2.53 bits per heavy atom. The first-order chi connectivity index (χ1) is 22.2. The predicted octanol–water partition coefficient (Wildman–Crippen LogP) is 4.11. The normalized spacial score (nSPS) is 36.9. The van der Waals surface area contributed by atoms with Gasteiger partial charge in [-0.15, -0.1) is 0 Å². The van der Waals surface area contributed by atoms with Crippen LogP contribution in [0.5, 0.6) is 0 Å². The number of ether oxygens (including phenoxy) is 3. The smallest absolute Gasteiger partial charge is 0.418 e. The molecular formula is C34H36F2O10S. The summed E-state index contributed by atoms with van der Waals surface area (Å²) < 4.78 is 54.2. The van der Waals surface area contributed by atoms with Gasteiger partial charge in [-0.2, -0.15) is 0 Å². The molecule has 9 atom stereocenters. The molecule has 4 aliphatic rings. The lowest BCUT2D eigenvalue weighted by Gasteiger charge is -2.63. The zero-order valence-electron chi connectivity index (χ0n) is 26.4. The largest absolute Gasteiger partial charge is 0.458 e. The van der Waals surface area contributed by atoms with Crippen LogP contribution in [0.4, 0.5) is 8.78 Å². The molecule has 1 aromatic rings. The number of halogens is 2. The van der Waals surface area contributed by atoms with Crippen molar-refractivity contribution in [2.45, 2.75) is 70.5 Å². The minimum Gasteiger partial charge on any atom is -0.458 e. The summed E-state index contributed by atoms with van der Waals surface area (Å²) >= 11 is 0.731. The zero-order valence-corrected chi connectivity index (χ0v) is 27.2. The van der Waals surface area contributed by atoms with Crippen molar-refractivity contribution in [2.24, 2.45) is 28.6 Å². The molecule has 0 radical (unpaired) electrons. The number of thioether (sulfide) groups is 1. The number of fused-ring (bicyclic) bond motifs is 5. The molecule has 47 heavy (non-hydrogen) atoms. The van der Waals surface area contributed by atoms with Crippen LogP contribution in [0.15, 0.2) is 46.6 Å². The number of furan rings is 1. The monoisotopic (exact) mass is 674 g/mol. The van der Waals surface area contributed by atoms with Gasteiger partial charge in [-0.1, -0.05) is 43.5 Å². The van der Waals surface area contributed by atoms with Gasteiger partial charge in [-0.3, -0.25) is 9.59 Å². The number of carbonyl (C=O) groups excluding carboxylic acids is 5. The molecule has 3 saturated carbocycles. The molecule has 10 nitrogen and oxygen atoms in total. The third-order valence-electron chi connectivity index (χ3n) is 10.6. The molecule has 5 rings (SSSR count). The number of ketones is 1. The molecule has 0 aliphatic heterocycles. The number of esters is 3. The topological polar surface area (TPSA) is 146 Å². The van der Waals surface area contributed by atoms with E-state index in [-0.39, 0.29) is 43.0 Å². The number of carbonyl (C=O) groups is 5. The Labute approximate surface area is 274 Å². The molecule has 1 N–H and O–H groups in total. The Hall–Kier alpha value is -3.76. The number of hydrogen-bond acceptors (Lipinski definition) is 11. The number of hydrogen-bond donors (Lipinski definition) is 1. The highest BCUT2D eigenvalue weighted by atomic mass is 32.2. The van der Waals surface area contributed by atoms with E-state index in [1.54, 1.807) is 13.8 Å². The Morgan fingerprint density at radius 2 is 1.85 bits per heavy atom. The van der Waals surface area contributed by atoms with Gasteiger partial charge in [0.1, 0.15) is 6.17 Å². The molecule has 13 heteroatoms. The van der Waals surface area contributed by atoms with Gasteiger partial charge >= 0.3 is 17.9 Å². The van der Waals surface area contributed by atoms with E-state index in [9.17, 15) is 29.1 Å². The summed E-state index contributed by atoms with van der Waals surface area (Å²) in [6.45, 7) is 5.94. The maximum absolute atomic E-state index is 17.7. The first-order valence-corrected chi connectivity index (χ1v) is 16.4. The highest BCUT2D eigenvalue weighted by Gasteiger charge is 2.78. The van der Waals surface area contributed by atoms with Gasteiger partial charge in [0.2, 0.25) is 10.9 Å². The predicted molar refractivity (Wildman–Crippen MR) is 163 cm³/mol.